The van der Waals surface area contributed by atoms with E-state index >= 15 is 0 Å². The molecule has 1 saturated heterocycles. The van der Waals surface area contributed by atoms with Crippen LogP contribution in [-0.4, -0.2) is 60.1 Å². The number of piperazine rings is 1. The summed E-state index contributed by atoms with van der Waals surface area (Å²) >= 11 is 0. The van der Waals surface area contributed by atoms with E-state index in [0.29, 0.717) is 12.0 Å². The van der Waals surface area contributed by atoms with Gasteiger partial charge in [-0.2, -0.15) is 0 Å². The molecule has 1 aromatic heterocycles. The highest BCUT2D eigenvalue weighted by molar-refractivity contribution is 6.07. The van der Waals surface area contributed by atoms with Gasteiger partial charge in [0.1, 0.15) is 5.75 Å². The molecule has 4 rings (SSSR count). The summed E-state index contributed by atoms with van der Waals surface area (Å²) in [5.41, 5.74) is 1.97. The van der Waals surface area contributed by atoms with Crippen LogP contribution >= 0.6 is 0 Å². The number of carbonyl (C=O) groups excluding carboxylic acids is 1. The SMILES string of the molecule is CCN1CCN(C(=O)c2cn(C(C)C3CCCCC3)c3cc(OC)ccc23)CC1. The third-order valence-corrected chi connectivity index (χ3v) is 7.15. The van der Waals surface area contributed by atoms with Crippen molar-refractivity contribution in [3.05, 3.63) is 30.0 Å². The Hall–Kier alpha value is -2.01. The van der Waals surface area contributed by atoms with Crippen LogP contribution in [0.1, 0.15) is 62.4 Å². The summed E-state index contributed by atoms with van der Waals surface area (Å²) in [6.07, 6.45) is 8.70. The first-order chi connectivity index (χ1) is 14.1. The van der Waals surface area contributed by atoms with Gasteiger partial charge in [-0.05, 0) is 44.4 Å². The molecule has 0 N–H and O–H groups in total. The number of benzene rings is 1. The van der Waals surface area contributed by atoms with Gasteiger partial charge in [0, 0.05) is 49.9 Å². The molecule has 29 heavy (non-hydrogen) atoms. The van der Waals surface area contributed by atoms with E-state index in [0.717, 1.165) is 54.9 Å². The number of ether oxygens (including phenoxy) is 1. The Labute approximate surface area is 174 Å². The third-order valence-electron chi connectivity index (χ3n) is 7.15. The Balaban J connectivity index is 1.68. The summed E-state index contributed by atoms with van der Waals surface area (Å²) in [7, 11) is 1.71. The molecule has 1 unspecified atom stereocenters. The molecule has 2 fully saturated rings. The Morgan fingerprint density at radius 1 is 1.14 bits per heavy atom. The average molecular weight is 398 g/mol. The van der Waals surface area contributed by atoms with Crippen molar-refractivity contribution in [2.45, 2.75) is 52.0 Å². The van der Waals surface area contributed by atoms with Crippen LogP contribution in [0.4, 0.5) is 0 Å². The molecule has 1 aliphatic heterocycles. The first kappa shape index (κ1) is 20.3. The molecular formula is C24H35N3O2. The molecule has 1 aromatic carbocycles. The Morgan fingerprint density at radius 2 is 1.86 bits per heavy atom. The molecule has 1 amide bonds. The second-order valence-electron chi connectivity index (χ2n) is 8.70. The lowest BCUT2D eigenvalue weighted by atomic mass is 9.84. The molecular weight excluding hydrogens is 362 g/mol. The molecule has 0 bridgehead atoms. The van der Waals surface area contributed by atoms with Crippen molar-refractivity contribution in [1.82, 2.24) is 14.4 Å². The van der Waals surface area contributed by atoms with E-state index in [2.05, 4.69) is 41.6 Å². The summed E-state index contributed by atoms with van der Waals surface area (Å²) < 4.78 is 7.85. The van der Waals surface area contributed by atoms with Crippen LogP contribution in [0.15, 0.2) is 24.4 Å². The van der Waals surface area contributed by atoms with Crippen LogP contribution in [0.25, 0.3) is 10.9 Å². The summed E-state index contributed by atoms with van der Waals surface area (Å²) in [4.78, 5) is 17.9. The summed E-state index contributed by atoms with van der Waals surface area (Å²) in [5.74, 6) is 1.70. The van der Waals surface area contributed by atoms with Crippen molar-refractivity contribution < 1.29 is 9.53 Å². The van der Waals surface area contributed by atoms with Crippen LogP contribution in [0.2, 0.25) is 0 Å². The van der Waals surface area contributed by atoms with Gasteiger partial charge in [0.15, 0.2) is 0 Å². The van der Waals surface area contributed by atoms with Crippen LogP contribution < -0.4 is 4.74 Å². The van der Waals surface area contributed by atoms with Gasteiger partial charge in [-0.15, -0.1) is 0 Å². The third kappa shape index (κ3) is 4.02. The largest absolute Gasteiger partial charge is 0.497 e. The second kappa shape index (κ2) is 8.78. The smallest absolute Gasteiger partial charge is 0.256 e. The van der Waals surface area contributed by atoms with Crippen LogP contribution in [0.5, 0.6) is 5.75 Å². The molecule has 1 atom stereocenters. The number of likely N-dealkylation sites (N-methyl/N-ethyl adjacent to an activating group) is 1. The van der Waals surface area contributed by atoms with E-state index in [4.69, 9.17) is 4.74 Å². The van der Waals surface area contributed by atoms with Gasteiger partial charge in [-0.1, -0.05) is 26.2 Å². The van der Waals surface area contributed by atoms with Crippen molar-refractivity contribution in [1.29, 1.82) is 0 Å². The van der Waals surface area contributed by atoms with E-state index in [-0.39, 0.29) is 5.91 Å². The monoisotopic (exact) mass is 397 g/mol. The Morgan fingerprint density at radius 3 is 2.52 bits per heavy atom. The Bertz CT molecular complexity index is 845. The van der Waals surface area contributed by atoms with Gasteiger partial charge in [0.25, 0.3) is 5.91 Å². The van der Waals surface area contributed by atoms with Crippen molar-refractivity contribution in [3.8, 4) is 5.75 Å². The fraction of sp³-hybridized carbons (Fsp3) is 0.625. The number of amides is 1. The van der Waals surface area contributed by atoms with Crippen LogP contribution in [0.3, 0.4) is 0 Å². The molecule has 158 valence electrons. The summed E-state index contributed by atoms with van der Waals surface area (Å²) in [6.45, 7) is 9.12. The number of fused-ring (bicyclic) bond motifs is 1. The maximum absolute atomic E-state index is 13.4. The molecule has 2 aliphatic rings. The van der Waals surface area contributed by atoms with E-state index in [1.165, 1.54) is 32.1 Å². The van der Waals surface area contributed by atoms with Crippen molar-refractivity contribution in [3.63, 3.8) is 0 Å². The molecule has 1 aliphatic carbocycles. The zero-order valence-corrected chi connectivity index (χ0v) is 18.2. The normalized spacial score (nSPS) is 20.2. The second-order valence-corrected chi connectivity index (χ2v) is 8.70. The number of nitrogens with zero attached hydrogens (tertiary/aromatic N) is 3. The molecule has 2 heterocycles. The van der Waals surface area contributed by atoms with Gasteiger partial charge >= 0.3 is 0 Å². The number of hydrogen-bond acceptors (Lipinski definition) is 3. The molecule has 5 nitrogen and oxygen atoms in total. The van der Waals surface area contributed by atoms with Gasteiger partial charge in [-0.3, -0.25) is 4.79 Å². The molecule has 0 radical (unpaired) electrons. The lowest BCUT2D eigenvalue weighted by Crippen LogP contribution is -2.48. The van der Waals surface area contributed by atoms with Crippen molar-refractivity contribution in [2.75, 3.05) is 39.8 Å². The Kier molecular flexibility index (Phi) is 6.14. The van der Waals surface area contributed by atoms with Crippen molar-refractivity contribution in [2.24, 2.45) is 5.92 Å². The minimum Gasteiger partial charge on any atom is -0.497 e. The van der Waals surface area contributed by atoms with E-state index in [9.17, 15) is 4.79 Å². The quantitative estimate of drug-likeness (QED) is 0.742. The van der Waals surface area contributed by atoms with E-state index < -0.39 is 0 Å². The first-order valence-corrected chi connectivity index (χ1v) is 11.3. The maximum Gasteiger partial charge on any atom is 0.256 e. The number of carbonyl (C=O) groups is 1. The highest BCUT2D eigenvalue weighted by Crippen LogP contribution is 2.37. The molecule has 5 heteroatoms. The van der Waals surface area contributed by atoms with E-state index in [1.807, 2.05) is 11.0 Å². The zero-order valence-electron chi connectivity index (χ0n) is 18.2. The van der Waals surface area contributed by atoms with Gasteiger partial charge < -0.3 is 19.1 Å². The topological polar surface area (TPSA) is 37.7 Å². The minimum absolute atomic E-state index is 0.172. The maximum atomic E-state index is 13.4. The number of hydrogen-bond donors (Lipinski definition) is 0. The number of aromatic nitrogens is 1. The predicted octanol–water partition coefficient (Wildman–Crippen LogP) is 4.57. The summed E-state index contributed by atoms with van der Waals surface area (Å²) in [5, 5.41) is 1.05. The highest BCUT2D eigenvalue weighted by Gasteiger charge is 2.28. The molecule has 1 saturated carbocycles. The first-order valence-electron chi connectivity index (χ1n) is 11.3. The fourth-order valence-electron chi connectivity index (χ4n) is 5.15. The van der Waals surface area contributed by atoms with E-state index in [1.54, 1.807) is 7.11 Å². The van der Waals surface area contributed by atoms with Crippen LogP contribution in [0, 0.1) is 5.92 Å². The number of methoxy groups -OCH3 is 1. The highest BCUT2D eigenvalue weighted by atomic mass is 16.5. The lowest BCUT2D eigenvalue weighted by molar-refractivity contribution is 0.0645. The van der Waals surface area contributed by atoms with Gasteiger partial charge in [0.2, 0.25) is 0 Å². The predicted molar refractivity (Wildman–Crippen MR) is 118 cm³/mol. The molecule has 2 aromatic rings. The number of rotatable bonds is 5. The average Bonchev–Trinajstić information content (AvgIpc) is 3.17. The lowest BCUT2D eigenvalue weighted by Gasteiger charge is -2.34. The van der Waals surface area contributed by atoms with Crippen LogP contribution in [-0.2, 0) is 0 Å². The minimum atomic E-state index is 0.172. The van der Waals surface area contributed by atoms with Gasteiger partial charge in [0.05, 0.1) is 18.2 Å². The zero-order chi connectivity index (χ0) is 20.4. The summed E-state index contributed by atoms with van der Waals surface area (Å²) in [6, 6.07) is 6.53. The standard InChI is InChI=1S/C24H35N3O2/c1-4-25-12-14-26(15-13-25)24(28)22-17-27(18(2)19-8-6-5-7-9-19)23-16-20(29-3)10-11-21(22)23/h10-11,16-19H,4-9,12-15H2,1-3H3. The van der Waals surface area contributed by atoms with Crippen molar-refractivity contribution >= 4 is 16.8 Å². The fourth-order valence-corrected chi connectivity index (χ4v) is 5.15. The van der Waals surface area contributed by atoms with Gasteiger partial charge in [-0.25, -0.2) is 0 Å². The molecule has 0 spiro atoms.